The number of carbonyl (C=O) groups is 1. The number of thiazole rings is 1. The molecule has 1 amide bonds. The number of rotatable bonds is 5. The summed E-state index contributed by atoms with van der Waals surface area (Å²) >= 11 is 1.32. The van der Waals surface area contributed by atoms with Gasteiger partial charge in [0.25, 0.3) is 15.9 Å². The molecule has 0 saturated carbocycles. The van der Waals surface area contributed by atoms with Gasteiger partial charge in [-0.25, -0.2) is 18.4 Å². The van der Waals surface area contributed by atoms with Crippen LogP contribution in [0, 0.1) is 20.8 Å². The average molecular weight is 488 g/mol. The number of aryl methyl sites for hydroxylation is 2. The number of nitrogens with one attached hydrogen (secondary N) is 1. The molecule has 1 saturated heterocycles. The quantitative estimate of drug-likeness (QED) is 0.579. The lowest BCUT2D eigenvalue weighted by Crippen LogP contribution is -2.31. The van der Waals surface area contributed by atoms with Crippen molar-refractivity contribution < 1.29 is 13.2 Å². The van der Waals surface area contributed by atoms with Gasteiger partial charge in [-0.2, -0.15) is 0 Å². The molecule has 0 aromatic carbocycles. The van der Waals surface area contributed by atoms with Crippen LogP contribution in [0.25, 0.3) is 10.7 Å². The van der Waals surface area contributed by atoms with Gasteiger partial charge in [0.2, 0.25) is 0 Å². The number of anilines is 1. The van der Waals surface area contributed by atoms with E-state index in [0.717, 1.165) is 44.3 Å². The van der Waals surface area contributed by atoms with Crippen molar-refractivity contribution in [2.24, 2.45) is 7.05 Å². The van der Waals surface area contributed by atoms with Crippen molar-refractivity contribution in [2.45, 2.75) is 51.3 Å². The Labute approximate surface area is 198 Å². The van der Waals surface area contributed by atoms with Crippen LogP contribution < -0.4 is 4.72 Å². The van der Waals surface area contributed by atoms with Crippen LogP contribution in [0.3, 0.4) is 0 Å². The third-order valence-corrected chi connectivity index (χ3v) is 8.67. The summed E-state index contributed by atoms with van der Waals surface area (Å²) in [6.07, 6.45) is 5.93. The maximum Gasteiger partial charge on any atom is 0.265 e. The van der Waals surface area contributed by atoms with Crippen LogP contribution >= 0.6 is 11.3 Å². The van der Waals surface area contributed by atoms with E-state index >= 15 is 0 Å². The molecule has 1 fully saturated rings. The molecule has 176 valence electrons. The Morgan fingerprint density at radius 2 is 1.79 bits per heavy atom. The van der Waals surface area contributed by atoms with Crippen molar-refractivity contribution in [1.29, 1.82) is 0 Å². The summed E-state index contributed by atoms with van der Waals surface area (Å²) in [5.74, 6) is 0.291. The number of carbonyl (C=O) groups excluding carboxylic acids is 1. The van der Waals surface area contributed by atoms with Crippen LogP contribution in [-0.2, 0) is 17.1 Å². The maximum atomic E-state index is 13.1. The summed E-state index contributed by atoms with van der Waals surface area (Å²) in [5.41, 5.74) is 2.83. The Morgan fingerprint density at radius 1 is 1.09 bits per heavy atom. The number of amides is 1. The predicted molar refractivity (Wildman–Crippen MR) is 130 cm³/mol. The molecule has 0 spiro atoms. The average Bonchev–Trinajstić information content (AvgIpc) is 3.14. The third kappa shape index (κ3) is 4.81. The topological polar surface area (TPSA) is 97.2 Å². The SMILES string of the molecule is Cc1ccnc(NS(=O)(=O)c2cc(-c3nc(C)c(C(=O)N4CCCCCC4)s3)n(C)c2C)c1. The predicted octanol–water partition coefficient (Wildman–Crippen LogP) is 4.29. The van der Waals surface area contributed by atoms with Gasteiger partial charge in [-0.1, -0.05) is 12.8 Å². The summed E-state index contributed by atoms with van der Waals surface area (Å²) in [5, 5.41) is 0.631. The second-order valence-corrected chi connectivity index (χ2v) is 11.2. The van der Waals surface area contributed by atoms with Gasteiger partial charge < -0.3 is 9.47 Å². The number of pyridine rings is 1. The molecule has 1 aliphatic rings. The Hall–Kier alpha value is -2.72. The zero-order valence-electron chi connectivity index (χ0n) is 19.4. The Balaban J connectivity index is 1.65. The van der Waals surface area contributed by atoms with E-state index in [1.165, 1.54) is 11.3 Å². The van der Waals surface area contributed by atoms with Gasteiger partial charge in [-0.15, -0.1) is 11.3 Å². The van der Waals surface area contributed by atoms with Crippen molar-refractivity contribution in [3.8, 4) is 10.7 Å². The molecule has 3 aromatic rings. The second-order valence-electron chi connectivity index (χ2n) is 8.50. The van der Waals surface area contributed by atoms with E-state index < -0.39 is 10.0 Å². The summed E-state index contributed by atoms with van der Waals surface area (Å²) in [6, 6.07) is 5.10. The Bertz CT molecular complexity index is 1290. The monoisotopic (exact) mass is 487 g/mol. The van der Waals surface area contributed by atoms with Crippen LogP contribution in [0.2, 0.25) is 0 Å². The molecule has 0 aliphatic carbocycles. The molecule has 10 heteroatoms. The smallest absolute Gasteiger partial charge is 0.265 e. The van der Waals surface area contributed by atoms with E-state index in [4.69, 9.17) is 0 Å². The summed E-state index contributed by atoms with van der Waals surface area (Å²) in [6.45, 7) is 7.02. The summed E-state index contributed by atoms with van der Waals surface area (Å²) in [7, 11) is -2.04. The number of nitrogens with zero attached hydrogens (tertiary/aromatic N) is 4. The number of likely N-dealkylation sites (tertiary alicyclic amines) is 1. The fraction of sp³-hybridized carbons (Fsp3) is 0.435. The molecule has 0 unspecified atom stereocenters. The lowest BCUT2D eigenvalue weighted by atomic mass is 10.2. The first-order chi connectivity index (χ1) is 15.7. The fourth-order valence-electron chi connectivity index (χ4n) is 4.06. The zero-order valence-corrected chi connectivity index (χ0v) is 21.0. The van der Waals surface area contributed by atoms with Gasteiger partial charge in [-0.05, 0) is 57.4 Å². The molecule has 3 aromatic heterocycles. The van der Waals surface area contributed by atoms with E-state index in [1.54, 1.807) is 35.9 Å². The molecular formula is C23H29N5O3S2. The van der Waals surface area contributed by atoms with Gasteiger partial charge in [-0.3, -0.25) is 9.52 Å². The number of hydrogen-bond acceptors (Lipinski definition) is 6. The first kappa shape index (κ1) is 23.4. The van der Waals surface area contributed by atoms with E-state index in [0.29, 0.717) is 27.0 Å². The number of hydrogen-bond donors (Lipinski definition) is 1. The van der Waals surface area contributed by atoms with Crippen LogP contribution in [-0.4, -0.2) is 46.8 Å². The minimum absolute atomic E-state index is 0.0177. The molecule has 33 heavy (non-hydrogen) atoms. The van der Waals surface area contributed by atoms with Gasteiger partial charge in [0.05, 0.1) is 11.4 Å². The minimum Gasteiger partial charge on any atom is -0.345 e. The van der Waals surface area contributed by atoms with Crippen molar-refractivity contribution in [2.75, 3.05) is 17.8 Å². The largest absolute Gasteiger partial charge is 0.345 e. The molecular weight excluding hydrogens is 458 g/mol. The first-order valence-corrected chi connectivity index (χ1v) is 13.4. The fourth-order valence-corrected chi connectivity index (χ4v) is 6.43. The second kappa shape index (κ2) is 9.26. The highest BCUT2D eigenvalue weighted by atomic mass is 32.2. The van der Waals surface area contributed by atoms with Gasteiger partial charge >= 0.3 is 0 Å². The van der Waals surface area contributed by atoms with Crippen LogP contribution in [0.4, 0.5) is 5.82 Å². The summed E-state index contributed by atoms with van der Waals surface area (Å²) < 4.78 is 30.6. The first-order valence-electron chi connectivity index (χ1n) is 11.1. The van der Waals surface area contributed by atoms with E-state index in [1.807, 2.05) is 25.8 Å². The van der Waals surface area contributed by atoms with Crippen LogP contribution in [0.1, 0.15) is 52.3 Å². The zero-order chi connectivity index (χ0) is 23.8. The molecule has 1 aliphatic heterocycles. The lowest BCUT2D eigenvalue weighted by Gasteiger charge is -2.19. The van der Waals surface area contributed by atoms with Crippen LogP contribution in [0.5, 0.6) is 0 Å². The van der Waals surface area contributed by atoms with Gasteiger partial charge in [0, 0.05) is 32.0 Å². The molecule has 0 radical (unpaired) electrons. The standard InChI is InChI=1S/C23H29N5O3S2/c1-15-9-10-24-20(13-15)26-33(30,31)19-14-18(27(4)17(19)3)22-25-16(2)21(32-22)23(29)28-11-7-5-6-8-12-28/h9-10,13-14H,5-8,11-12H2,1-4H3,(H,24,26). The van der Waals surface area contributed by atoms with E-state index in [9.17, 15) is 13.2 Å². The van der Waals surface area contributed by atoms with Gasteiger partial charge in [0.15, 0.2) is 0 Å². The molecule has 8 nitrogen and oxygen atoms in total. The normalized spacial score (nSPS) is 14.8. The molecule has 1 N–H and O–H groups in total. The van der Waals surface area contributed by atoms with E-state index in [2.05, 4.69) is 14.7 Å². The van der Waals surface area contributed by atoms with Crippen molar-refractivity contribution in [3.63, 3.8) is 0 Å². The molecule has 4 heterocycles. The lowest BCUT2D eigenvalue weighted by molar-refractivity contribution is 0.0765. The Kier molecular flexibility index (Phi) is 6.58. The molecule has 4 rings (SSSR count). The van der Waals surface area contributed by atoms with Crippen molar-refractivity contribution in [1.82, 2.24) is 19.4 Å². The third-order valence-electron chi connectivity index (χ3n) is 6.04. The Morgan fingerprint density at radius 3 is 2.45 bits per heavy atom. The number of sulfonamides is 1. The van der Waals surface area contributed by atoms with Crippen LogP contribution in [0.15, 0.2) is 29.3 Å². The molecule has 0 bridgehead atoms. The van der Waals surface area contributed by atoms with Crippen molar-refractivity contribution in [3.05, 3.63) is 46.2 Å². The number of aromatic nitrogens is 3. The highest BCUT2D eigenvalue weighted by Gasteiger charge is 2.27. The maximum absolute atomic E-state index is 13.1. The van der Waals surface area contributed by atoms with Crippen molar-refractivity contribution >= 4 is 33.1 Å². The minimum atomic E-state index is -3.84. The highest BCUT2D eigenvalue weighted by molar-refractivity contribution is 7.92. The highest BCUT2D eigenvalue weighted by Crippen LogP contribution is 2.33. The van der Waals surface area contributed by atoms with E-state index in [-0.39, 0.29) is 16.6 Å². The molecule has 0 atom stereocenters. The summed E-state index contributed by atoms with van der Waals surface area (Å²) in [4.78, 5) is 24.6. The van der Waals surface area contributed by atoms with Gasteiger partial charge in [0.1, 0.15) is 20.6 Å².